The van der Waals surface area contributed by atoms with Gasteiger partial charge in [-0.05, 0) is 49.7 Å². The van der Waals surface area contributed by atoms with Gasteiger partial charge in [-0.25, -0.2) is 4.68 Å². The molecule has 0 aliphatic rings. The van der Waals surface area contributed by atoms with Crippen molar-refractivity contribution in [2.75, 3.05) is 5.32 Å². The van der Waals surface area contributed by atoms with E-state index in [1.165, 1.54) is 0 Å². The lowest BCUT2D eigenvalue weighted by Crippen LogP contribution is -2.14. The van der Waals surface area contributed by atoms with Crippen molar-refractivity contribution in [3.63, 3.8) is 0 Å². The maximum absolute atomic E-state index is 12.6. The van der Waals surface area contributed by atoms with Crippen molar-refractivity contribution in [2.45, 2.75) is 13.8 Å². The number of nitrogens with zero attached hydrogens (tertiary/aromatic N) is 2. The van der Waals surface area contributed by atoms with Gasteiger partial charge in [-0.3, -0.25) is 4.79 Å². The summed E-state index contributed by atoms with van der Waals surface area (Å²) in [6.45, 7) is 3.70. The Kier molecular flexibility index (Phi) is 4.60. The van der Waals surface area contributed by atoms with E-state index in [2.05, 4.69) is 10.4 Å². The van der Waals surface area contributed by atoms with E-state index >= 15 is 0 Å². The van der Waals surface area contributed by atoms with E-state index in [-0.39, 0.29) is 5.91 Å². The van der Waals surface area contributed by atoms with E-state index in [1.807, 2.05) is 32.0 Å². The average molecular weight is 360 g/mol. The van der Waals surface area contributed by atoms with Gasteiger partial charge in [0.15, 0.2) is 0 Å². The minimum Gasteiger partial charge on any atom is -0.322 e. The first-order valence-electron chi connectivity index (χ1n) is 7.34. The number of halogens is 2. The Morgan fingerprint density at radius 2 is 1.88 bits per heavy atom. The molecule has 2 aromatic carbocycles. The molecule has 1 amide bonds. The summed E-state index contributed by atoms with van der Waals surface area (Å²) in [5.74, 6) is -0.230. The summed E-state index contributed by atoms with van der Waals surface area (Å²) in [5.41, 5.74) is 3.54. The summed E-state index contributed by atoms with van der Waals surface area (Å²) in [6, 6.07) is 12.7. The average Bonchev–Trinajstić information content (AvgIpc) is 2.93. The molecule has 1 heterocycles. The number of nitrogens with one attached hydrogen (secondary N) is 1. The molecule has 0 fully saturated rings. The number of aromatic nitrogens is 2. The van der Waals surface area contributed by atoms with Crippen molar-refractivity contribution in [3.05, 3.63) is 75.5 Å². The smallest absolute Gasteiger partial charge is 0.259 e. The summed E-state index contributed by atoms with van der Waals surface area (Å²) >= 11 is 12.1. The Bertz CT molecular complexity index is 918. The quantitative estimate of drug-likeness (QED) is 0.711. The molecule has 0 unspecified atom stereocenters. The molecule has 122 valence electrons. The van der Waals surface area contributed by atoms with Crippen LogP contribution in [0.4, 0.5) is 5.69 Å². The van der Waals surface area contributed by atoms with Crippen molar-refractivity contribution in [1.82, 2.24) is 9.78 Å². The third-order valence-corrected chi connectivity index (χ3v) is 4.47. The lowest BCUT2D eigenvalue weighted by molar-refractivity contribution is 0.102. The third kappa shape index (κ3) is 3.16. The highest BCUT2D eigenvalue weighted by molar-refractivity contribution is 6.32. The van der Waals surface area contributed by atoms with Crippen LogP contribution >= 0.6 is 23.2 Å². The van der Waals surface area contributed by atoms with E-state index in [9.17, 15) is 4.79 Å². The number of carbonyl (C=O) groups excluding carboxylic acids is 1. The lowest BCUT2D eigenvalue weighted by Gasteiger charge is -2.10. The van der Waals surface area contributed by atoms with Crippen molar-refractivity contribution >= 4 is 34.8 Å². The molecule has 3 aromatic rings. The summed E-state index contributed by atoms with van der Waals surface area (Å²) in [5, 5.41) is 8.41. The second-order valence-electron chi connectivity index (χ2n) is 5.40. The Morgan fingerprint density at radius 3 is 2.62 bits per heavy atom. The number of hydrogen-bond acceptors (Lipinski definition) is 2. The van der Waals surface area contributed by atoms with Crippen LogP contribution in [0.5, 0.6) is 0 Å². The van der Waals surface area contributed by atoms with Crippen LogP contribution in [-0.2, 0) is 0 Å². The van der Waals surface area contributed by atoms with Gasteiger partial charge in [0.1, 0.15) is 0 Å². The maximum atomic E-state index is 12.6. The Hall–Kier alpha value is -2.30. The largest absolute Gasteiger partial charge is 0.322 e. The van der Waals surface area contributed by atoms with Crippen molar-refractivity contribution < 1.29 is 4.79 Å². The Morgan fingerprint density at radius 1 is 1.12 bits per heavy atom. The van der Waals surface area contributed by atoms with Gasteiger partial charge in [0.25, 0.3) is 5.91 Å². The highest BCUT2D eigenvalue weighted by Gasteiger charge is 2.16. The van der Waals surface area contributed by atoms with Crippen molar-refractivity contribution in [1.29, 1.82) is 0 Å². The fraction of sp³-hybridized carbons (Fsp3) is 0.111. The molecule has 0 atom stereocenters. The molecule has 0 aliphatic carbocycles. The van der Waals surface area contributed by atoms with Gasteiger partial charge in [0, 0.05) is 15.7 Å². The molecule has 6 heteroatoms. The van der Waals surface area contributed by atoms with E-state index < -0.39 is 0 Å². The van der Waals surface area contributed by atoms with Crippen LogP contribution in [0.1, 0.15) is 21.6 Å². The first kappa shape index (κ1) is 16.6. The monoisotopic (exact) mass is 359 g/mol. The second-order valence-corrected chi connectivity index (χ2v) is 6.25. The predicted octanol–water partition coefficient (Wildman–Crippen LogP) is 5.05. The molecule has 0 bridgehead atoms. The minimum atomic E-state index is -0.230. The molecule has 0 spiro atoms. The molecule has 24 heavy (non-hydrogen) atoms. The number of hydrogen-bond donors (Lipinski definition) is 1. The van der Waals surface area contributed by atoms with Gasteiger partial charge in [0.2, 0.25) is 0 Å². The molecule has 3 rings (SSSR count). The van der Waals surface area contributed by atoms with E-state index in [0.717, 1.165) is 16.9 Å². The first-order chi connectivity index (χ1) is 11.5. The normalized spacial score (nSPS) is 10.7. The van der Waals surface area contributed by atoms with Crippen molar-refractivity contribution in [3.8, 4) is 5.69 Å². The zero-order valence-corrected chi connectivity index (χ0v) is 14.7. The van der Waals surface area contributed by atoms with E-state index in [0.29, 0.717) is 21.3 Å². The van der Waals surface area contributed by atoms with Gasteiger partial charge >= 0.3 is 0 Å². The highest BCUT2D eigenvalue weighted by atomic mass is 35.5. The summed E-state index contributed by atoms with van der Waals surface area (Å²) < 4.78 is 1.69. The van der Waals surface area contributed by atoms with Crippen LogP contribution < -0.4 is 5.32 Å². The van der Waals surface area contributed by atoms with Crippen molar-refractivity contribution in [2.24, 2.45) is 0 Å². The summed E-state index contributed by atoms with van der Waals surface area (Å²) in [6.07, 6.45) is 1.55. The number of rotatable bonds is 3. The van der Waals surface area contributed by atoms with Crippen LogP contribution in [0, 0.1) is 13.8 Å². The summed E-state index contributed by atoms with van der Waals surface area (Å²) in [7, 11) is 0. The molecule has 4 nitrogen and oxygen atoms in total. The van der Waals surface area contributed by atoms with E-state index in [1.54, 1.807) is 35.1 Å². The minimum absolute atomic E-state index is 0.230. The Balaban J connectivity index is 1.90. The molecular weight excluding hydrogens is 345 g/mol. The predicted molar refractivity (Wildman–Crippen MR) is 97.5 cm³/mol. The van der Waals surface area contributed by atoms with Gasteiger partial charge in [-0.1, -0.05) is 35.3 Å². The van der Waals surface area contributed by atoms with Gasteiger partial charge in [-0.15, -0.1) is 0 Å². The van der Waals surface area contributed by atoms with Gasteiger partial charge in [-0.2, -0.15) is 5.10 Å². The topological polar surface area (TPSA) is 46.9 Å². The third-order valence-electron chi connectivity index (χ3n) is 3.82. The second kappa shape index (κ2) is 6.67. The van der Waals surface area contributed by atoms with E-state index in [4.69, 9.17) is 23.2 Å². The molecule has 0 saturated carbocycles. The van der Waals surface area contributed by atoms with Crippen LogP contribution in [-0.4, -0.2) is 15.7 Å². The SMILES string of the molecule is Cc1c(Cl)cccc1NC(=O)c1cnn(-c2cccc(Cl)c2)c1C. The van der Waals surface area contributed by atoms with Crippen LogP contribution in [0.2, 0.25) is 10.0 Å². The Labute approximate surface area is 150 Å². The molecule has 1 N–H and O–H groups in total. The van der Waals surface area contributed by atoms with Gasteiger partial charge in [0.05, 0.1) is 23.1 Å². The number of amides is 1. The zero-order chi connectivity index (χ0) is 17.3. The maximum Gasteiger partial charge on any atom is 0.259 e. The first-order valence-corrected chi connectivity index (χ1v) is 8.10. The van der Waals surface area contributed by atoms with Gasteiger partial charge < -0.3 is 5.32 Å². The fourth-order valence-electron chi connectivity index (χ4n) is 2.43. The molecule has 1 aromatic heterocycles. The van der Waals surface area contributed by atoms with Crippen LogP contribution in [0.25, 0.3) is 5.69 Å². The number of carbonyl (C=O) groups is 1. The zero-order valence-electron chi connectivity index (χ0n) is 13.2. The highest BCUT2D eigenvalue weighted by Crippen LogP contribution is 2.24. The standard InChI is InChI=1S/C18H15Cl2N3O/c1-11-16(20)7-4-8-17(11)22-18(24)15-10-21-23(12(15)2)14-6-3-5-13(19)9-14/h3-10H,1-2H3,(H,22,24). The van der Waals surface area contributed by atoms with Crippen LogP contribution in [0.3, 0.4) is 0 Å². The summed E-state index contributed by atoms with van der Waals surface area (Å²) in [4.78, 5) is 12.6. The number of anilines is 1. The lowest BCUT2D eigenvalue weighted by atomic mass is 10.2. The molecule has 0 radical (unpaired) electrons. The molecule has 0 saturated heterocycles. The fourth-order valence-corrected chi connectivity index (χ4v) is 2.79. The van der Waals surface area contributed by atoms with Crippen LogP contribution in [0.15, 0.2) is 48.7 Å². The number of benzene rings is 2. The molecule has 0 aliphatic heterocycles. The molecular formula is C18H15Cl2N3O.